The van der Waals surface area contributed by atoms with Crippen LogP contribution in [0.5, 0.6) is 0 Å². The van der Waals surface area contributed by atoms with Crippen LogP contribution in [0.3, 0.4) is 0 Å². The lowest BCUT2D eigenvalue weighted by atomic mass is 9.81. The Balaban J connectivity index is 0. The number of halogens is 2. The highest BCUT2D eigenvalue weighted by molar-refractivity contribution is 9.10. The average molecular weight is 1790 g/mol. The highest BCUT2D eigenvalue weighted by atomic mass is 79.9. The Hall–Kier alpha value is -5.55. The monoisotopic (exact) mass is 1790 g/mol. The summed E-state index contributed by atoms with van der Waals surface area (Å²) in [7, 11) is -5.27. The minimum atomic E-state index is -1.40. The molecule has 12 aromatic carbocycles. The van der Waals surface area contributed by atoms with Crippen molar-refractivity contribution in [1.29, 1.82) is 0 Å². The second-order valence-corrected chi connectivity index (χ2v) is 48.8. The second kappa shape index (κ2) is 63.6. The molecule has 4 N–H and O–H groups in total. The molecule has 17 heteroatoms. The lowest BCUT2D eigenvalue weighted by Crippen LogP contribution is -2.33. The van der Waals surface area contributed by atoms with Gasteiger partial charge in [0.2, 0.25) is 0 Å². The van der Waals surface area contributed by atoms with Crippen LogP contribution < -0.4 is 5.46 Å². The Morgan fingerprint density at radius 2 is 0.464 bits per heavy atom. The maximum absolute atomic E-state index is 9.03. The van der Waals surface area contributed by atoms with Crippen molar-refractivity contribution in [2.75, 3.05) is 5.83 Å². The van der Waals surface area contributed by atoms with Crippen LogP contribution in [0.15, 0.2) is 366 Å². The van der Waals surface area contributed by atoms with E-state index < -0.39 is 28.7 Å². The van der Waals surface area contributed by atoms with Gasteiger partial charge in [-0.2, -0.15) is 22.4 Å². The molecule has 12 rings (SSSR count). The van der Waals surface area contributed by atoms with Gasteiger partial charge in [-0.25, -0.2) is 0 Å². The fourth-order valence-corrected chi connectivity index (χ4v) is 17.4. The molecule has 112 heavy (non-hydrogen) atoms. The van der Waals surface area contributed by atoms with Crippen LogP contribution in [0.2, 0.25) is 43.1 Å². The van der Waals surface area contributed by atoms with Gasteiger partial charge >= 0.3 is 14.2 Å². The molecule has 600 valence electrons. The molecule has 0 amide bonds. The number of hydrogen-bond donors (Lipinski definition) is 9. The minimum absolute atomic E-state index is 0.340. The van der Waals surface area contributed by atoms with Crippen molar-refractivity contribution >= 4 is 152 Å². The lowest BCUT2D eigenvalue weighted by Gasteiger charge is -2.36. The summed E-state index contributed by atoms with van der Waals surface area (Å²) >= 11 is 30.9. The Morgan fingerprint density at radius 3 is 0.643 bits per heavy atom. The predicted octanol–water partition coefficient (Wildman–Crippen LogP) is 30.0. The number of benzene rings is 12. The fourth-order valence-electron chi connectivity index (χ4n) is 7.78. The molecule has 0 atom stereocenters. The zero-order valence-corrected chi connectivity index (χ0v) is 81.2. The molecular weight excluding hydrogens is 1670 g/mol. The zero-order valence-electron chi connectivity index (χ0n) is 69.9. The van der Waals surface area contributed by atoms with Crippen molar-refractivity contribution in [2.45, 2.75) is 181 Å². The normalized spacial score (nSPS) is 9.86. The molecule has 0 saturated heterocycles. The zero-order chi connectivity index (χ0) is 85.1. The summed E-state index contributed by atoms with van der Waals surface area (Å²) < 4.78 is 1.14. The van der Waals surface area contributed by atoms with Crippen molar-refractivity contribution < 1.29 is 20.1 Å². The number of rotatable bonds is 7. The molecule has 0 aromatic heterocycles. The largest absolute Gasteiger partial charge is 0.488 e. The third kappa shape index (κ3) is 55.1. The van der Waals surface area contributed by atoms with Crippen molar-refractivity contribution in [1.82, 2.24) is 0 Å². The SMILES string of the molecule is CB(O)O.CBr.CC.CC.CC(C)(C)[Si](C)(C)Sc1ccc(B(O)O)cc1.Cc1ccc(-c2ccc(S)cc2)cc1.Cc1ccc(-c2ccc(S[Si](C)(C)C(C)(C)C)cc2)cc1.Cc1ccc(Br)cc1.Cc1ccccc1.Cc1ccccc1.Sc1ccccc1.Sc1ccccc1.Sc1ccccc1.Sc1ccccc1. The van der Waals surface area contributed by atoms with Gasteiger partial charge in [0.1, 0.15) is 14.4 Å². The van der Waals surface area contributed by atoms with Crippen molar-refractivity contribution in [3.8, 4) is 22.3 Å². The van der Waals surface area contributed by atoms with E-state index in [1.807, 2.05) is 239 Å². The third-order valence-corrected chi connectivity index (χ3v) is 35.4. The molecule has 0 bridgehead atoms. The summed E-state index contributed by atoms with van der Waals surface area (Å²) in [5.74, 6) is 1.81. The summed E-state index contributed by atoms with van der Waals surface area (Å²) in [6.45, 7) is 43.4. The molecule has 4 nitrogen and oxygen atoms in total. The Bertz CT molecular complexity index is 3800. The number of alkyl halides is 1. The fraction of sp³-hybridized carbons (Fsp3) is 0.242. The van der Waals surface area contributed by atoms with Gasteiger partial charge in [0, 0.05) is 38.7 Å². The van der Waals surface area contributed by atoms with E-state index in [9.17, 15) is 0 Å². The molecular formula is C95H126B2Br2O4S7Si2. The summed E-state index contributed by atoms with van der Waals surface area (Å²) in [5.41, 5.74) is 12.2. The quantitative estimate of drug-likeness (QED) is 0.0450. The van der Waals surface area contributed by atoms with Crippen LogP contribution in [0.25, 0.3) is 22.3 Å². The highest BCUT2D eigenvalue weighted by Gasteiger charge is 2.37. The summed E-state index contributed by atoms with van der Waals surface area (Å²) in [4.78, 5) is 7.68. The predicted molar refractivity (Wildman–Crippen MR) is 532 cm³/mol. The van der Waals surface area contributed by atoms with Gasteiger partial charge in [-0.3, -0.25) is 0 Å². The topological polar surface area (TPSA) is 80.9 Å². The average Bonchev–Trinajstić information content (AvgIpc) is 0.825. The standard InChI is InChI=1S/C19H26SSi.C13H12S.C12H21BO2SSi.C7H7Br.2C7H8.4C6H6S.2C2H6.CH5BO2.CH3Br/c1-15-7-9-16(10-8-15)17-11-13-18(14-12-17)20-21(5,6)19(2,3)4;1-10-2-4-11(5-3-10)12-6-8-13(14)9-7-12;1-12(2,3)17(4,5)16-11-8-6-10(7-9-11)13(14)15;1-6-2-4-7(8)5-3-6;2*1-7-5-3-2-4-6-7;4*7-6-4-2-1-3-5-6;2*1-2;1-2(3)4;1-2/h7-14H,1-6H3;2-9,14H,1H3;6-9,14-15H,1-5H3;2-5H,1H3;2*2-6H,1H3;4*1-5,7H;2*1-2H3;3-4H,1H3;1H3. The smallest absolute Gasteiger partial charge is 0.427 e. The Labute approximate surface area is 733 Å². The number of thiol groups is 5. The highest BCUT2D eigenvalue weighted by Crippen LogP contribution is 2.47. The first-order valence-electron chi connectivity index (χ1n) is 37.3. The molecule has 12 aromatic rings. The molecule has 0 spiro atoms. The van der Waals surface area contributed by atoms with E-state index in [0.29, 0.717) is 15.5 Å². The van der Waals surface area contributed by atoms with E-state index in [-0.39, 0.29) is 0 Å². The molecule has 0 fully saturated rings. The molecule has 0 aliphatic rings. The third-order valence-electron chi connectivity index (χ3n) is 15.9. The van der Waals surface area contributed by atoms with Gasteiger partial charge in [0.25, 0.3) is 0 Å². The van der Waals surface area contributed by atoms with Gasteiger partial charge in [-0.15, -0.1) is 63.1 Å². The van der Waals surface area contributed by atoms with Crippen LogP contribution >= 0.6 is 117 Å². The van der Waals surface area contributed by atoms with E-state index in [2.05, 4.69) is 330 Å². The van der Waals surface area contributed by atoms with Crippen LogP contribution in [0.1, 0.15) is 97.1 Å². The maximum atomic E-state index is 9.03. The molecule has 0 saturated carbocycles. The molecule has 0 unspecified atom stereocenters. The van der Waals surface area contributed by atoms with Gasteiger partial charge in [-0.1, -0.05) is 386 Å². The number of aryl methyl sites for hydroxylation is 5. The van der Waals surface area contributed by atoms with Gasteiger partial charge in [-0.05, 0) is 182 Å². The number of hydrogen-bond acceptors (Lipinski definition) is 11. The van der Waals surface area contributed by atoms with E-state index in [0.717, 1.165) is 29.0 Å². The van der Waals surface area contributed by atoms with Gasteiger partial charge < -0.3 is 20.1 Å². The lowest BCUT2D eigenvalue weighted by molar-refractivity contribution is 0.417. The maximum Gasteiger partial charge on any atom is 0.488 e. The van der Waals surface area contributed by atoms with E-state index in [4.69, 9.17) is 20.1 Å². The van der Waals surface area contributed by atoms with Gasteiger partial charge in [0.05, 0.1) is 0 Å². The summed E-state index contributed by atoms with van der Waals surface area (Å²) in [5, 5.41) is 34.0. The summed E-state index contributed by atoms with van der Waals surface area (Å²) in [6.07, 6.45) is 0. The van der Waals surface area contributed by atoms with Crippen LogP contribution in [-0.2, 0) is 0 Å². The van der Waals surface area contributed by atoms with Crippen LogP contribution in [0.4, 0.5) is 0 Å². The Morgan fingerprint density at radius 1 is 0.286 bits per heavy atom. The van der Waals surface area contributed by atoms with Crippen molar-refractivity contribution in [2.24, 2.45) is 0 Å². The van der Waals surface area contributed by atoms with Crippen LogP contribution in [0, 0.1) is 34.6 Å². The van der Waals surface area contributed by atoms with Gasteiger partial charge in [0.15, 0.2) is 0 Å². The molecule has 0 heterocycles. The first-order valence-corrected chi connectivity index (χ1v) is 51.0. The van der Waals surface area contributed by atoms with Crippen LogP contribution in [-0.4, -0.2) is 54.6 Å². The first-order chi connectivity index (χ1) is 53.0. The Kier molecular flexibility index (Phi) is 61.7. The molecule has 0 aliphatic heterocycles. The first kappa shape index (κ1) is 109. The van der Waals surface area contributed by atoms with E-state index in [1.54, 1.807) is 12.1 Å². The molecule has 0 radical (unpaired) electrons. The van der Waals surface area contributed by atoms with E-state index in [1.165, 1.54) is 66.7 Å². The summed E-state index contributed by atoms with van der Waals surface area (Å²) in [6, 6.07) is 110. The second-order valence-electron chi connectivity index (χ2n) is 27.5. The van der Waals surface area contributed by atoms with Crippen molar-refractivity contribution in [3.05, 3.63) is 360 Å². The molecule has 0 aliphatic carbocycles. The van der Waals surface area contributed by atoms with Crippen molar-refractivity contribution in [3.63, 3.8) is 0 Å². The van der Waals surface area contributed by atoms with E-state index >= 15 is 0 Å². The minimum Gasteiger partial charge on any atom is -0.427 e.